The summed E-state index contributed by atoms with van der Waals surface area (Å²) in [6, 6.07) is -0.256. The van der Waals surface area contributed by atoms with Crippen LogP contribution in [0.2, 0.25) is 0 Å². The zero-order chi connectivity index (χ0) is 11.5. The molecule has 6 heteroatoms. The van der Waals surface area contributed by atoms with Crippen molar-refractivity contribution in [1.82, 2.24) is 16.0 Å². The van der Waals surface area contributed by atoms with Crippen molar-refractivity contribution < 1.29 is 9.59 Å². The summed E-state index contributed by atoms with van der Waals surface area (Å²) in [6.07, 6.45) is 2.13. The summed E-state index contributed by atoms with van der Waals surface area (Å²) >= 11 is 1.69. The third kappa shape index (κ3) is 3.12. The third-order valence-electron chi connectivity index (χ3n) is 2.71. The SMILES string of the molecule is CC(NC(=O)C1CSCN1)C(=O)NC1CC1. The molecule has 0 aromatic rings. The molecule has 0 aromatic carbocycles. The summed E-state index contributed by atoms with van der Waals surface area (Å²) in [5, 5.41) is 8.67. The Labute approximate surface area is 99.1 Å². The average Bonchev–Trinajstić information content (AvgIpc) is 2.89. The fourth-order valence-electron chi connectivity index (χ4n) is 1.50. The van der Waals surface area contributed by atoms with Crippen LogP contribution >= 0.6 is 11.8 Å². The van der Waals surface area contributed by atoms with E-state index in [0.717, 1.165) is 24.5 Å². The van der Waals surface area contributed by atoms with Gasteiger partial charge >= 0.3 is 0 Å². The molecule has 0 spiro atoms. The summed E-state index contributed by atoms with van der Waals surface area (Å²) in [6.45, 7) is 1.72. The van der Waals surface area contributed by atoms with E-state index in [1.54, 1.807) is 18.7 Å². The lowest BCUT2D eigenvalue weighted by Crippen LogP contribution is -2.51. The Bertz CT molecular complexity index is 288. The fraction of sp³-hybridized carbons (Fsp3) is 0.800. The molecule has 1 heterocycles. The lowest BCUT2D eigenvalue weighted by atomic mass is 10.2. The van der Waals surface area contributed by atoms with Gasteiger partial charge in [-0.1, -0.05) is 0 Å². The number of rotatable bonds is 4. The van der Waals surface area contributed by atoms with Crippen molar-refractivity contribution in [1.29, 1.82) is 0 Å². The Hall–Kier alpha value is -0.750. The van der Waals surface area contributed by atoms with Crippen LogP contribution in [0.1, 0.15) is 19.8 Å². The molecular weight excluding hydrogens is 226 g/mol. The van der Waals surface area contributed by atoms with Crippen molar-refractivity contribution >= 4 is 23.6 Å². The Morgan fingerprint density at radius 2 is 2.19 bits per heavy atom. The summed E-state index contributed by atoms with van der Waals surface area (Å²) in [5.74, 6) is 1.42. The molecule has 1 saturated heterocycles. The molecule has 2 aliphatic rings. The van der Waals surface area contributed by atoms with Gasteiger partial charge in [0.2, 0.25) is 11.8 Å². The highest BCUT2D eigenvalue weighted by atomic mass is 32.2. The van der Waals surface area contributed by atoms with E-state index in [1.165, 1.54) is 0 Å². The van der Waals surface area contributed by atoms with Crippen LogP contribution in [0.5, 0.6) is 0 Å². The van der Waals surface area contributed by atoms with Crippen molar-refractivity contribution in [3.05, 3.63) is 0 Å². The van der Waals surface area contributed by atoms with E-state index in [2.05, 4.69) is 16.0 Å². The molecule has 0 aromatic heterocycles. The Morgan fingerprint density at radius 3 is 2.75 bits per heavy atom. The summed E-state index contributed by atoms with van der Waals surface area (Å²) in [5.41, 5.74) is 0. The van der Waals surface area contributed by atoms with E-state index in [1.807, 2.05) is 0 Å². The van der Waals surface area contributed by atoms with E-state index in [9.17, 15) is 9.59 Å². The normalized spacial score (nSPS) is 26.2. The largest absolute Gasteiger partial charge is 0.352 e. The van der Waals surface area contributed by atoms with Gasteiger partial charge in [0, 0.05) is 17.7 Å². The first-order valence-electron chi connectivity index (χ1n) is 5.58. The van der Waals surface area contributed by atoms with Crippen LogP contribution in [0.15, 0.2) is 0 Å². The highest BCUT2D eigenvalue weighted by Gasteiger charge is 2.28. The molecule has 2 atom stereocenters. The molecule has 1 saturated carbocycles. The van der Waals surface area contributed by atoms with Gasteiger partial charge in [-0.3, -0.25) is 14.9 Å². The second kappa shape index (κ2) is 5.05. The minimum absolute atomic E-state index is 0.0801. The van der Waals surface area contributed by atoms with Gasteiger partial charge in [-0.25, -0.2) is 0 Å². The topological polar surface area (TPSA) is 70.2 Å². The Kier molecular flexibility index (Phi) is 3.70. The summed E-state index contributed by atoms with van der Waals surface area (Å²) < 4.78 is 0. The van der Waals surface area contributed by atoms with Crippen molar-refractivity contribution in [2.45, 2.75) is 37.9 Å². The molecule has 90 valence electrons. The van der Waals surface area contributed by atoms with Crippen molar-refractivity contribution in [2.24, 2.45) is 0 Å². The standard InChI is InChI=1S/C10H17N3O2S/c1-6(9(14)13-7-2-3-7)12-10(15)8-4-16-5-11-8/h6-8,11H,2-5H2,1H3,(H,12,15)(H,13,14). The molecule has 5 nitrogen and oxygen atoms in total. The van der Waals surface area contributed by atoms with E-state index in [0.29, 0.717) is 6.04 Å². The lowest BCUT2D eigenvalue weighted by Gasteiger charge is -2.16. The van der Waals surface area contributed by atoms with Gasteiger partial charge in [0.1, 0.15) is 6.04 Å². The van der Waals surface area contributed by atoms with Crippen molar-refractivity contribution in [3.8, 4) is 0 Å². The van der Waals surface area contributed by atoms with Gasteiger partial charge in [0.15, 0.2) is 0 Å². The van der Waals surface area contributed by atoms with E-state index >= 15 is 0 Å². The number of thioether (sulfide) groups is 1. The molecule has 1 aliphatic heterocycles. The quantitative estimate of drug-likeness (QED) is 0.618. The number of amides is 2. The van der Waals surface area contributed by atoms with Gasteiger partial charge in [-0.2, -0.15) is 0 Å². The van der Waals surface area contributed by atoms with Gasteiger partial charge in [-0.15, -0.1) is 11.8 Å². The maximum atomic E-state index is 11.7. The molecule has 3 N–H and O–H groups in total. The second-order valence-corrected chi connectivity index (χ2v) is 5.32. The number of hydrogen-bond acceptors (Lipinski definition) is 4. The first kappa shape index (κ1) is 11.7. The zero-order valence-electron chi connectivity index (χ0n) is 9.29. The van der Waals surface area contributed by atoms with Crippen LogP contribution in [0, 0.1) is 0 Å². The van der Waals surface area contributed by atoms with Crippen molar-refractivity contribution in [2.75, 3.05) is 11.6 Å². The minimum Gasteiger partial charge on any atom is -0.352 e. The predicted octanol–water partition coefficient (Wildman–Crippen LogP) is -0.568. The van der Waals surface area contributed by atoms with E-state index < -0.39 is 6.04 Å². The minimum atomic E-state index is -0.444. The molecular formula is C10H17N3O2S. The molecule has 2 fully saturated rings. The molecule has 2 rings (SSSR count). The number of hydrogen-bond donors (Lipinski definition) is 3. The highest BCUT2D eigenvalue weighted by Crippen LogP contribution is 2.18. The average molecular weight is 243 g/mol. The second-order valence-electron chi connectivity index (χ2n) is 4.28. The van der Waals surface area contributed by atoms with Crippen LogP contribution in [0.3, 0.4) is 0 Å². The van der Waals surface area contributed by atoms with Crippen LogP contribution in [-0.4, -0.2) is 41.6 Å². The van der Waals surface area contributed by atoms with Crippen LogP contribution in [-0.2, 0) is 9.59 Å². The van der Waals surface area contributed by atoms with Gasteiger partial charge in [-0.05, 0) is 19.8 Å². The smallest absolute Gasteiger partial charge is 0.242 e. The van der Waals surface area contributed by atoms with Gasteiger partial charge < -0.3 is 10.6 Å². The van der Waals surface area contributed by atoms with Gasteiger partial charge in [0.25, 0.3) is 0 Å². The fourth-order valence-corrected chi connectivity index (χ4v) is 2.44. The summed E-state index contributed by atoms with van der Waals surface area (Å²) in [4.78, 5) is 23.3. The molecule has 2 amide bonds. The van der Waals surface area contributed by atoms with Crippen LogP contribution in [0.4, 0.5) is 0 Å². The third-order valence-corrected chi connectivity index (χ3v) is 3.65. The first-order chi connectivity index (χ1) is 7.66. The monoisotopic (exact) mass is 243 g/mol. The predicted molar refractivity (Wildman–Crippen MR) is 63.0 cm³/mol. The molecule has 1 aliphatic carbocycles. The number of nitrogens with one attached hydrogen (secondary N) is 3. The van der Waals surface area contributed by atoms with Crippen molar-refractivity contribution in [3.63, 3.8) is 0 Å². The zero-order valence-corrected chi connectivity index (χ0v) is 10.1. The maximum Gasteiger partial charge on any atom is 0.242 e. The summed E-state index contributed by atoms with van der Waals surface area (Å²) in [7, 11) is 0. The maximum absolute atomic E-state index is 11.7. The van der Waals surface area contributed by atoms with E-state index in [4.69, 9.17) is 0 Å². The van der Waals surface area contributed by atoms with Crippen LogP contribution < -0.4 is 16.0 Å². The molecule has 0 radical (unpaired) electrons. The highest BCUT2D eigenvalue weighted by molar-refractivity contribution is 7.99. The Balaban J connectivity index is 1.73. The van der Waals surface area contributed by atoms with E-state index in [-0.39, 0.29) is 17.9 Å². The number of carbonyl (C=O) groups excluding carboxylic acids is 2. The molecule has 0 bridgehead atoms. The molecule has 2 unspecified atom stereocenters. The lowest BCUT2D eigenvalue weighted by molar-refractivity contribution is -0.129. The Morgan fingerprint density at radius 1 is 1.44 bits per heavy atom. The molecule has 16 heavy (non-hydrogen) atoms. The van der Waals surface area contributed by atoms with Crippen LogP contribution in [0.25, 0.3) is 0 Å². The number of carbonyl (C=O) groups is 2. The first-order valence-corrected chi connectivity index (χ1v) is 6.74. The van der Waals surface area contributed by atoms with Gasteiger partial charge in [0.05, 0.1) is 6.04 Å².